The van der Waals surface area contributed by atoms with Gasteiger partial charge in [-0.2, -0.15) is 0 Å². The van der Waals surface area contributed by atoms with Gasteiger partial charge < -0.3 is 10.3 Å². The molecule has 1 aromatic carbocycles. The highest BCUT2D eigenvalue weighted by molar-refractivity contribution is 9.10. The number of carbonyl (C=O) groups is 1. The largest absolute Gasteiger partial charge is 0.326 e. The van der Waals surface area contributed by atoms with Crippen LogP contribution < -0.4 is 15.2 Å². The number of hydrogen-bond acceptors (Lipinski definition) is 4. The molecule has 0 radical (unpaired) electrons. The molecule has 1 amide bonds. The third kappa shape index (κ3) is 4.45. The van der Waals surface area contributed by atoms with E-state index in [1.54, 1.807) is 31.2 Å². The highest BCUT2D eigenvalue weighted by Gasteiger charge is 2.22. The molecule has 9 heteroatoms. The monoisotopic (exact) mass is 413 g/mol. The van der Waals surface area contributed by atoms with Gasteiger partial charge in [0.05, 0.1) is 11.9 Å². The number of aryl methyl sites for hydroxylation is 1. The first-order valence-electron chi connectivity index (χ1n) is 6.90. The molecule has 0 aliphatic carbocycles. The van der Waals surface area contributed by atoms with E-state index in [4.69, 9.17) is 0 Å². The number of nitrogens with zero attached hydrogens (tertiary/aromatic N) is 1. The molecule has 1 heterocycles. The standard InChI is InChI=1S/C15H16BrN3O4S/c1-10-5-3-4-6-13(10)19(24(2,22)23)9-14(20)18-12-7-11(16)8-17-15(12)21/h3-8H,9H2,1-2H3,(H,17,21)(H,18,20). The molecule has 0 aliphatic rings. The number of hydrogen-bond donors (Lipinski definition) is 2. The number of sulfonamides is 1. The van der Waals surface area contributed by atoms with Crippen molar-refractivity contribution in [2.24, 2.45) is 0 Å². The van der Waals surface area contributed by atoms with Crippen molar-refractivity contribution in [1.29, 1.82) is 0 Å². The fraction of sp³-hybridized carbons (Fsp3) is 0.200. The van der Waals surface area contributed by atoms with Crippen molar-refractivity contribution in [3.63, 3.8) is 0 Å². The van der Waals surface area contributed by atoms with Crippen molar-refractivity contribution in [2.75, 3.05) is 22.4 Å². The van der Waals surface area contributed by atoms with E-state index in [2.05, 4.69) is 26.2 Å². The van der Waals surface area contributed by atoms with Gasteiger partial charge in [0.1, 0.15) is 12.2 Å². The molecule has 2 N–H and O–H groups in total. The number of rotatable bonds is 5. The highest BCUT2D eigenvalue weighted by atomic mass is 79.9. The number of amides is 1. The summed E-state index contributed by atoms with van der Waals surface area (Å²) in [5, 5.41) is 2.42. The third-order valence-corrected chi connectivity index (χ3v) is 4.80. The van der Waals surface area contributed by atoms with Gasteiger partial charge in [-0.1, -0.05) is 18.2 Å². The Labute approximate surface area is 147 Å². The van der Waals surface area contributed by atoms with Crippen LogP contribution in [0.25, 0.3) is 0 Å². The van der Waals surface area contributed by atoms with Gasteiger partial charge in [0.25, 0.3) is 5.56 Å². The van der Waals surface area contributed by atoms with E-state index in [9.17, 15) is 18.0 Å². The molecule has 0 atom stereocenters. The van der Waals surface area contributed by atoms with E-state index in [1.165, 1.54) is 12.3 Å². The van der Waals surface area contributed by atoms with E-state index < -0.39 is 28.0 Å². The van der Waals surface area contributed by atoms with Crippen LogP contribution in [0.15, 0.2) is 45.8 Å². The van der Waals surface area contributed by atoms with E-state index in [0.717, 1.165) is 16.1 Å². The van der Waals surface area contributed by atoms with Crippen molar-refractivity contribution in [3.05, 3.63) is 56.9 Å². The van der Waals surface area contributed by atoms with Gasteiger partial charge in [-0.25, -0.2) is 8.42 Å². The zero-order valence-corrected chi connectivity index (χ0v) is 15.4. The number of anilines is 2. The fourth-order valence-electron chi connectivity index (χ4n) is 2.09. The average molecular weight is 414 g/mol. The summed E-state index contributed by atoms with van der Waals surface area (Å²) in [5.41, 5.74) is 0.690. The minimum Gasteiger partial charge on any atom is -0.326 e. The predicted molar refractivity (Wildman–Crippen MR) is 96.8 cm³/mol. The minimum absolute atomic E-state index is 0.0348. The molecule has 2 aromatic rings. The molecular weight excluding hydrogens is 398 g/mol. The van der Waals surface area contributed by atoms with Crippen LogP contribution in [0.1, 0.15) is 5.56 Å². The molecule has 7 nitrogen and oxygen atoms in total. The lowest BCUT2D eigenvalue weighted by molar-refractivity contribution is -0.114. The lowest BCUT2D eigenvalue weighted by atomic mass is 10.2. The van der Waals surface area contributed by atoms with Gasteiger partial charge in [0, 0.05) is 10.7 Å². The summed E-state index contributed by atoms with van der Waals surface area (Å²) < 4.78 is 25.7. The molecule has 0 unspecified atom stereocenters. The summed E-state index contributed by atoms with van der Waals surface area (Å²) in [6.45, 7) is 1.32. The number of halogens is 1. The number of H-pyrrole nitrogens is 1. The molecule has 0 saturated carbocycles. The Hall–Kier alpha value is -2.13. The van der Waals surface area contributed by atoms with Crippen LogP contribution in [0.2, 0.25) is 0 Å². The molecule has 2 rings (SSSR count). The Morgan fingerprint density at radius 2 is 2.00 bits per heavy atom. The van der Waals surface area contributed by atoms with Crippen LogP contribution in [0.5, 0.6) is 0 Å². The first-order valence-corrected chi connectivity index (χ1v) is 9.54. The second kappa shape index (κ2) is 7.18. The highest BCUT2D eigenvalue weighted by Crippen LogP contribution is 2.22. The smallest absolute Gasteiger partial charge is 0.271 e. The molecule has 128 valence electrons. The lowest BCUT2D eigenvalue weighted by Gasteiger charge is -2.23. The van der Waals surface area contributed by atoms with E-state index in [1.807, 2.05) is 0 Å². The quantitative estimate of drug-likeness (QED) is 0.780. The van der Waals surface area contributed by atoms with Crippen LogP contribution in [-0.2, 0) is 14.8 Å². The van der Waals surface area contributed by atoms with Crippen LogP contribution in [0, 0.1) is 6.92 Å². The van der Waals surface area contributed by atoms with Crippen molar-refractivity contribution in [3.8, 4) is 0 Å². The van der Waals surface area contributed by atoms with Gasteiger partial charge >= 0.3 is 0 Å². The van der Waals surface area contributed by atoms with Crippen LogP contribution in [0.3, 0.4) is 0 Å². The van der Waals surface area contributed by atoms with Crippen LogP contribution >= 0.6 is 15.9 Å². The van der Waals surface area contributed by atoms with Crippen molar-refractivity contribution >= 4 is 43.2 Å². The predicted octanol–water partition coefficient (Wildman–Crippen LogP) is 1.85. The Morgan fingerprint density at radius 1 is 1.33 bits per heavy atom. The zero-order chi connectivity index (χ0) is 17.9. The summed E-state index contributed by atoms with van der Waals surface area (Å²) in [5.74, 6) is -0.618. The summed E-state index contributed by atoms with van der Waals surface area (Å²) >= 11 is 3.19. The SMILES string of the molecule is Cc1ccccc1N(CC(=O)Nc1cc(Br)c[nH]c1=O)S(C)(=O)=O. The third-order valence-electron chi connectivity index (χ3n) is 3.21. The summed E-state index contributed by atoms with van der Waals surface area (Å²) in [4.78, 5) is 26.4. The maximum Gasteiger partial charge on any atom is 0.271 e. The second-order valence-electron chi connectivity index (χ2n) is 5.16. The number of pyridine rings is 1. The molecule has 0 saturated heterocycles. The molecule has 1 aromatic heterocycles. The number of benzene rings is 1. The van der Waals surface area contributed by atoms with Crippen molar-refractivity contribution < 1.29 is 13.2 Å². The Balaban J connectivity index is 2.28. The van der Waals surface area contributed by atoms with E-state index in [0.29, 0.717) is 10.2 Å². The second-order valence-corrected chi connectivity index (χ2v) is 7.99. The number of carbonyl (C=O) groups excluding carboxylic acids is 1. The maximum absolute atomic E-state index is 12.2. The molecule has 0 spiro atoms. The fourth-order valence-corrected chi connectivity index (χ4v) is 3.35. The van der Waals surface area contributed by atoms with Gasteiger partial charge in [-0.15, -0.1) is 0 Å². The minimum atomic E-state index is -3.67. The zero-order valence-electron chi connectivity index (χ0n) is 13.0. The molecular formula is C15H16BrN3O4S. The first-order chi connectivity index (χ1) is 11.2. The Bertz CT molecular complexity index is 924. The molecule has 0 aliphatic heterocycles. The van der Waals surface area contributed by atoms with E-state index >= 15 is 0 Å². The summed E-state index contributed by atoms with van der Waals surface area (Å²) in [6.07, 6.45) is 2.47. The van der Waals surface area contributed by atoms with Crippen LogP contribution in [-0.4, -0.2) is 32.1 Å². The normalized spacial score (nSPS) is 11.1. The van der Waals surface area contributed by atoms with Crippen molar-refractivity contribution in [2.45, 2.75) is 6.92 Å². The number of para-hydroxylation sites is 1. The Kier molecular flexibility index (Phi) is 5.45. The van der Waals surface area contributed by atoms with Gasteiger partial charge in [0.15, 0.2) is 0 Å². The number of nitrogens with one attached hydrogen (secondary N) is 2. The van der Waals surface area contributed by atoms with Gasteiger partial charge in [-0.3, -0.25) is 13.9 Å². The van der Waals surface area contributed by atoms with E-state index in [-0.39, 0.29) is 5.69 Å². The summed E-state index contributed by atoms with van der Waals surface area (Å²) in [7, 11) is -3.67. The molecule has 24 heavy (non-hydrogen) atoms. The molecule has 0 bridgehead atoms. The number of aromatic amines is 1. The lowest BCUT2D eigenvalue weighted by Crippen LogP contribution is -2.38. The van der Waals surface area contributed by atoms with Crippen molar-refractivity contribution in [1.82, 2.24) is 4.98 Å². The molecule has 0 fully saturated rings. The van der Waals surface area contributed by atoms with Crippen LogP contribution in [0.4, 0.5) is 11.4 Å². The van der Waals surface area contributed by atoms with Gasteiger partial charge in [0.2, 0.25) is 15.9 Å². The topological polar surface area (TPSA) is 99.3 Å². The Morgan fingerprint density at radius 3 is 2.62 bits per heavy atom. The maximum atomic E-state index is 12.2. The van der Waals surface area contributed by atoms with Gasteiger partial charge in [-0.05, 0) is 40.5 Å². The first kappa shape index (κ1) is 18.2. The average Bonchev–Trinajstić information content (AvgIpc) is 2.48. The summed E-state index contributed by atoms with van der Waals surface area (Å²) in [6, 6.07) is 8.28. The number of aromatic nitrogens is 1.